The van der Waals surface area contributed by atoms with Gasteiger partial charge in [0.25, 0.3) is 0 Å². The molecule has 0 spiro atoms. The quantitative estimate of drug-likeness (QED) is 0.763. The van der Waals surface area contributed by atoms with Gasteiger partial charge in [-0.05, 0) is 29.7 Å². The molecule has 2 nitrogen and oxygen atoms in total. The molecule has 4 heteroatoms. The maximum Gasteiger partial charge on any atom is 1.00 e. The predicted molar refractivity (Wildman–Crippen MR) is 75.4 cm³/mol. The average Bonchev–Trinajstić information content (AvgIpc) is 2.39. The Labute approximate surface area is 145 Å². The van der Waals surface area contributed by atoms with Crippen molar-refractivity contribution in [1.82, 2.24) is 0 Å². The number of carboxylic acid groups (broad SMARTS) is 1. The third-order valence-electron chi connectivity index (χ3n) is 2.88. The molecule has 0 aliphatic carbocycles. The molecule has 2 rings (SSSR count). The van der Waals surface area contributed by atoms with Gasteiger partial charge in [0, 0.05) is 15.4 Å². The van der Waals surface area contributed by atoms with Crippen molar-refractivity contribution in [2.75, 3.05) is 0 Å². The Morgan fingerprint density at radius 3 is 2.20 bits per heavy atom. The molecule has 0 atom stereocenters. The zero-order chi connectivity index (χ0) is 13.8. The molecule has 20 heavy (non-hydrogen) atoms. The van der Waals surface area contributed by atoms with Crippen LogP contribution < -0.4 is 34.7 Å². The fraction of sp³-hybridized carbons (Fsp3) is 0.188. The second-order valence-electron chi connectivity index (χ2n) is 4.61. The van der Waals surface area contributed by atoms with E-state index < -0.39 is 5.97 Å². The first-order chi connectivity index (χ1) is 9.08. The van der Waals surface area contributed by atoms with E-state index in [1.54, 1.807) is 18.2 Å². The van der Waals surface area contributed by atoms with E-state index in [2.05, 4.69) is 26.0 Å². The molecule has 0 aliphatic rings. The van der Waals surface area contributed by atoms with E-state index in [1.165, 1.54) is 17.3 Å². The standard InChI is InChI=1S/C16H16O2S.Na/c1-11(2)12-7-9-13(10-8-12)19-15-6-4-3-5-14(15)16(17)18;/h3-11H,1-2H3,(H,17,18);/q;+1/p-1. The molecule has 0 aromatic heterocycles. The van der Waals surface area contributed by atoms with Crippen molar-refractivity contribution in [2.24, 2.45) is 0 Å². The maximum atomic E-state index is 11.0. The fourth-order valence-corrected chi connectivity index (χ4v) is 2.71. The van der Waals surface area contributed by atoms with E-state index >= 15 is 0 Å². The van der Waals surface area contributed by atoms with Gasteiger partial charge in [-0.1, -0.05) is 55.9 Å². The molecule has 0 amide bonds. The van der Waals surface area contributed by atoms with E-state index in [1.807, 2.05) is 18.2 Å². The third-order valence-corrected chi connectivity index (χ3v) is 3.97. The summed E-state index contributed by atoms with van der Waals surface area (Å²) in [6, 6.07) is 15.1. The Kier molecular flexibility index (Phi) is 6.83. The Morgan fingerprint density at radius 2 is 1.65 bits per heavy atom. The summed E-state index contributed by atoms with van der Waals surface area (Å²) in [6.45, 7) is 4.29. The smallest absolute Gasteiger partial charge is 0.545 e. The molecule has 0 N–H and O–H groups in total. The van der Waals surface area contributed by atoms with E-state index in [0.717, 1.165) is 4.90 Å². The molecule has 0 fully saturated rings. The SMILES string of the molecule is CC(C)c1ccc(Sc2ccccc2C(=O)[O-])cc1.[Na+]. The van der Waals surface area contributed by atoms with Crippen molar-refractivity contribution >= 4 is 17.7 Å². The molecule has 0 unspecified atom stereocenters. The summed E-state index contributed by atoms with van der Waals surface area (Å²) in [4.78, 5) is 12.8. The normalized spacial score (nSPS) is 10.2. The first kappa shape index (κ1) is 17.3. The summed E-state index contributed by atoms with van der Waals surface area (Å²) in [7, 11) is 0. The monoisotopic (exact) mass is 294 g/mol. The number of hydrogen-bond acceptors (Lipinski definition) is 3. The molecule has 0 bridgehead atoms. The Hall–Kier alpha value is -0.740. The van der Waals surface area contributed by atoms with Crippen LogP contribution in [0.25, 0.3) is 0 Å². The van der Waals surface area contributed by atoms with E-state index in [0.29, 0.717) is 10.8 Å². The molecule has 0 radical (unpaired) electrons. The second kappa shape index (κ2) is 7.89. The van der Waals surface area contributed by atoms with Gasteiger partial charge in [0.2, 0.25) is 0 Å². The minimum atomic E-state index is -1.14. The summed E-state index contributed by atoms with van der Waals surface area (Å²) in [5.41, 5.74) is 1.51. The summed E-state index contributed by atoms with van der Waals surface area (Å²) < 4.78 is 0. The van der Waals surface area contributed by atoms with Gasteiger partial charge in [-0.2, -0.15) is 0 Å². The van der Waals surface area contributed by atoms with Crippen LogP contribution in [0.2, 0.25) is 0 Å². The Bertz CT molecular complexity index is 579. The molecule has 2 aromatic carbocycles. The third kappa shape index (κ3) is 4.38. The number of benzene rings is 2. The van der Waals surface area contributed by atoms with Crippen molar-refractivity contribution in [2.45, 2.75) is 29.6 Å². The number of rotatable bonds is 4. The fourth-order valence-electron chi connectivity index (χ4n) is 1.77. The van der Waals surface area contributed by atoms with Crippen LogP contribution in [0.4, 0.5) is 0 Å². The largest absolute Gasteiger partial charge is 1.00 e. The van der Waals surface area contributed by atoms with E-state index in [-0.39, 0.29) is 35.1 Å². The van der Waals surface area contributed by atoms with Gasteiger partial charge in [-0.3, -0.25) is 0 Å². The van der Waals surface area contributed by atoms with Crippen LogP contribution >= 0.6 is 11.8 Å². The summed E-state index contributed by atoms with van der Waals surface area (Å²) >= 11 is 1.44. The molecular weight excluding hydrogens is 279 g/mol. The van der Waals surface area contributed by atoms with Gasteiger partial charge in [-0.25, -0.2) is 0 Å². The predicted octanol–water partition coefficient (Wildman–Crippen LogP) is 0.329. The first-order valence-corrected chi connectivity index (χ1v) is 6.98. The van der Waals surface area contributed by atoms with Crippen LogP contribution in [0, 0.1) is 0 Å². The molecule has 0 saturated carbocycles. The van der Waals surface area contributed by atoms with Crippen LogP contribution in [0.15, 0.2) is 58.3 Å². The molecular formula is C16H15NaO2S. The summed E-state index contributed by atoms with van der Waals surface area (Å²) in [5, 5.41) is 11.0. The molecule has 98 valence electrons. The van der Waals surface area contributed by atoms with Gasteiger partial charge >= 0.3 is 29.6 Å². The van der Waals surface area contributed by atoms with Crippen LogP contribution in [0.5, 0.6) is 0 Å². The van der Waals surface area contributed by atoms with Crippen molar-refractivity contribution in [3.63, 3.8) is 0 Å². The van der Waals surface area contributed by atoms with Crippen molar-refractivity contribution in [3.8, 4) is 0 Å². The van der Waals surface area contributed by atoms with Crippen molar-refractivity contribution < 1.29 is 39.5 Å². The molecule has 0 aliphatic heterocycles. The van der Waals surface area contributed by atoms with Crippen LogP contribution in [0.3, 0.4) is 0 Å². The minimum Gasteiger partial charge on any atom is -0.545 e. The van der Waals surface area contributed by atoms with Crippen molar-refractivity contribution in [1.29, 1.82) is 0 Å². The van der Waals surface area contributed by atoms with Gasteiger partial charge in [0.15, 0.2) is 0 Å². The van der Waals surface area contributed by atoms with Gasteiger partial charge in [0.05, 0.1) is 5.97 Å². The number of carbonyl (C=O) groups excluding carboxylic acids is 1. The number of carboxylic acids is 1. The van der Waals surface area contributed by atoms with E-state index in [4.69, 9.17) is 0 Å². The zero-order valence-corrected chi connectivity index (χ0v) is 14.7. The molecule has 2 aromatic rings. The molecule has 0 heterocycles. The Balaban J connectivity index is 0.00000200. The first-order valence-electron chi connectivity index (χ1n) is 6.16. The van der Waals surface area contributed by atoms with Crippen molar-refractivity contribution in [3.05, 3.63) is 59.7 Å². The number of aromatic carboxylic acids is 1. The minimum absolute atomic E-state index is 0. The second-order valence-corrected chi connectivity index (χ2v) is 5.72. The zero-order valence-electron chi connectivity index (χ0n) is 11.9. The summed E-state index contributed by atoms with van der Waals surface area (Å²) in [6.07, 6.45) is 0. The number of hydrogen-bond donors (Lipinski definition) is 0. The Morgan fingerprint density at radius 1 is 1.05 bits per heavy atom. The van der Waals surface area contributed by atoms with Crippen LogP contribution in [-0.4, -0.2) is 5.97 Å². The van der Waals surface area contributed by atoms with E-state index in [9.17, 15) is 9.90 Å². The summed E-state index contributed by atoms with van der Waals surface area (Å²) in [5.74, 6) is -0.642. The van der Waals surface area contributed by atoms with Crippen LogP contribution in [-0.2, 0) is 0 Å². The van der Waals surface area contributed by atoms with Crippen LogP contribution in [0.1, 0.15) is 35.7 Å². The van der Waals surface area contributed by atoms with Gasteiger partial charge in [0.1, 0.15) is 0 Å². The van der Waals surface area contributed by atoms with Gasteiger partial charge in [-0.15, -0.1) is 0 Å². The maximum absolute atomic E-state index is 11.0. The topological polar surface area (TPSA) is 40.1 Å². The average molecular weight is 294 g/mol. The number of carbonyl (C=O) groups is 1. The van der Waals surface area contributed by atoms with Gasteiger partial charge < -0.3 is 9.90 Å². The molecule has 0 saturated heterocycles.